The highest BCUT2D eigenvalue weighted by Crippen LogP contribution is 2.17. The summed E-state index contributed by atoms with van der Waals surface area (Å²) in [5.41, 5.74) is 0. The first-order valence-electron chi connectivity index (χ1n) is 26.7. The Morgan fingerprint density at radius 3 is 1.05 bits per heavy atom. The highest BCUT2D eigenvalue weighted by Gasteiger charge is 2.28. The molecule has 0 saturated heterocycles. The predicted molar refractivity (Wildman–Crippen MR) is 261 cm³/mol. The van der Waals surface area contributed by atoms with E-state index in [1.165, 1.54) is 212 Å². The molecule has 0 aromatic heterocycles. The molecule has 0 aliphatic carbocycles. The first-order valence-corrected chi connectivity index (χ1v) is 26.7. The summed E-state index contributed by atoms with van der Waals surface area (Å²) < 4.78 is 0. The molecule has 60 heavy (non-hydrogen) atoms. The number of rotatable bonds is 49. The molecule has 0 aromatic rings. The zero-order valence-electron chi connectivity index (χ0n) is 40.2. The Balaban J connectivity index is 3.68. The van der Waals surface area contributed by atoms with Crippen LogP contribution in [0.2, 0.25) is 0 Å². The molecule has 0 aliphatic heterocycles. The number of carbonyl (C=O) groups is 1. The van der Waals surface area contributed by atoms with Crippen LogP contribution in [0.1, 0.15) is 284 Å². The van der Waals surface area contributed by atoms with Crippen molar-refractivity contribution in [1.82, 2.24) is 5.32 Å². The topological polar surface area (TPSA) is 110 Å². The maximum absolute atomic E-state index is 12.6. The zero-order valence-corrected chi connectivity index (χ0v) is 40.2. The molecule has 0 radical (unpaired) electrons. The lowest BCUT2D eigenvalue weighted by Crippen LogP contribution is -2.53. The second-order valence-electron chi connectivity index (χ2n) is 18.6. The van der Waals surface area contributed by atoms with Gasteiger partial charge in [-0.2, -0.15) is 0 Å². The molecule has 0 fully saturated rings. The van der Waals surface area contributed by atoms with Gasteiger partial charge in [-0.05, 0) is 51.4 Å². The Bertz CT molecular complexity index is 909. The van der Waals surface area contributed by atoms with Crippen LogP contribution in [0.15, 0.2) is 24.3 Å². The SMILES string of the molecule is CCCCCCCCCCCCC/C=C/CC/C=C/CCCC(O)C(O)C(CO)NC(=O)C(O)CCCCCCCCCCCCCCCCCCCCCCCCCC. The molecule has 1 amide bonds. The molecule has 0 heterocycles. The lowest BCUT2D eigenvalue weighted by Gasteiger charge is -2.27. The molecule has 6 nitrogen and oxygen atoms in total. The van der Waals surface area contributed by atoms with Gasteiger partial charge in [0.05, 0.1) is 18.8 Å². The number of nitrogens with one attached hydrogen (secondary N) is 1. The van der Waals surface area contributed by atoms with Crippen molar-refractivity contribution in [2.24, 2.45) is 0 Å². The normalized spacial score (nSPS) is 14.0. The van der Waals surface area contributed by atoms with Gasteiger partial charge in [-0.1, -0.05) is 256 Å². The quantitative estimate of drug-likeness (QED) is 0.0309. The van der Waals surface area contributed by atoms with Crippen molar-refractivity contribution < 1.29 is 25.2 Å². The highest BCUT2D eigenvalue weighted by atomic mass is 16.3. The molecule has 356 valence electrons. The summed E-state index contributed by atoms with van der Waals surface area (Å²) in [4.78, 5) is 12.6. The largest absolute Gasteiger partial charge is 0.394 e. The van der Waals surface area contributed by atoms with Crippen LogP contribution in [-0.4, -0.2) is 57.3 Å². The molecule has 5 N–H and O–H groups in total. The second kappa shape index (κ2) is 48.8. The fraction of sp³-hybridized carbons (Fsp3) is 0.907. The number of carbonyl (C=O) groups excluding carboxylic acids is 1. The van der Waals surface area contributed by atoms with Gasteiger partial charge in [0.1, 0.15) is 12.2 Å². The Labute approximate surface area is 374 Å². The fourth-order valence-electron chi connectivity index (χ4n) is 8.42. The molecule has 4 atom stereocenters. The van der Waals surface area contributed by atoms with Crippen LogP contribution in [0, 0.1) is 0 Å². The average molecular weight is 848 g/mol. The summed E-state index contributed by atoms with van der Waals surface area (Å²) >= 11 is 0. The molecule has 4 unspecified atom stereocenters. The third kappa shape index (κ3) is 42.1. The maximum atomic E-state index is 12.6. The van der Waals surface area contributed by atoms with Gasteiger partial charge in [0.2, 0.25) is 5.91 Å². The molecule has 0 aromatic carbocycles. The van der Waals surface area contributed by atoms with Gasteiger partial charge in [0.15, 0.2) is 0 Å². The first-order chi connectivity index (χ1) is 29.5. The van der Waals surface area contributed by atoms with E-state index in [2.05, 4.69) is 43.5 Å². The van der Waals surface area contributed by atoms with E-state index in [4.69, 9.17) is 0 Å². The minimum Gasteiger partial charge on any atom is -0.394 e. The van der Waals surface area contributed by atoms with E-state index in [1.807, 2.05) is 0 Å². The van der Waals surface area contributed by atoms with Crippen molar-refractivity contribution in [2.75, 3.05) is 6.61 Å². The monoisotopic (exact) mass is 848 g/mol. The number of amides is 1. The van der Waals surface area contributed by atoms with E-state index in [0.29, 0.717) is 19.3 Å². The van der Waals surface area contributed by atoms with E-state index >= 15 is 0 Å². The molecule has 0 rings (SSSR count). The van der Waals surface area contributed by atoms with Crippen LogP contribution in [-0.2, 0) is 4.79 Å². The lowest BCUT2D eigenvalue weighted by atomic mass is 10.00. The van der Waals surface area contributed by atoms with Gasteiger partial charge in [0.25, 0.3) is 0 Å². The van der Waals surface area contributed by atoms with Crippen LogP contribution in [0.5, 0.6) is 0 Å². The van der Waals surface area contributed by atoms with Crippen molar-refractivity contribution in [3.05, 3.63) is 24.3 Å². The molecule has 0 saturated carbocycles. The third-order valence-corrected chi connectivity index (χ3v) is 12.6. The van der Waals surface area contributed by atoms with Crippen LogP contribution in [0.3, 0.4) is 0 Å². The van der Waals surface area contributed by atoms with Crippen LogP contribution in [0.25, 0.3) is 0 Å². The van der Waals surface area contributed by atoms with Crippen LogP contribution in [0.4, 0.5) is 0 Å². The van der Waals surface area contributed by atoms with Crippen molar-refractivity contribution in [3.8, 4) is 0 Å². The predicted octanol–water partition coefficient (Wildman–Crippen LogP) is 15.1. The first kappa shape index (κ1) is 58.8. The molecular weight excluding hydrogens is 743 g/mol. The van der Waals surface area contributed by atoms with Crippen molar-refractivity contribution in [1.29, 1.82) is 0 Å². The number of allylic oxidation sites excluding steroid dienone is 4. The molecular formula is C54H105NO5. The van der Waals surface area contributed by atoms with E-state index in [1.54, 1.807) is 0 Å². The summed E-state index contributed by atoms with van der Waals surface area (Å²) in [5.74, 6) is -0.592. The minimum atomic E-state index is -1.29. The molecule has 0 bridgehead atoms. The Morgan fingerprint density at radius 2 is 0.700 bits per heavy atom. The van der Waals surface area contributed by atoms with Gasteiger partial charge in [-0.15, -0.1) is 0 Å². The van der Waals surface area contributed by atoms with Gasteiger partial charge in [-0.3, -0.25) is 4.79 Å². The standard InChI is InChI=1S/C54H105NO5/c1-3-5-7-9-11-13-15-17-19-21-23-25-26-27-28-30-32-34-36-38-40-42-44-46-48-52(58)54(60)55-50(49-56)53(59)51(57)47-45-43-41-39-37-35-33-31-29-24-22-20-18-16-14-12-10-8-6-4-2/h31,33,39,41,50-53,56-59H,3-30,32,34-38,40,42-49H2,1-2H3,(H,55,60)/b33-31+,41-39+. The van der Waals surface area contributed by atoms with E-state index in [9.17, 15) is 25.2 Å². The van der Waals surface area contributed by atoms with Crippen LogP contribution < -0.4 is 5.32 Å². The molecule has 6 heteroatoms. The lowest BCUT2D eigenvalue weighted by molar-refractivity contribution is -0.132. The Morgan fingerprint density at radius 1 is 0.400 bits per heavy atom. The smallest absolute Gasteiger partial charge is 0.249 e. The fourth-order valence-corrected chi connectivity index (χ4v) is 8.42. The van der Waals surface area contributed by atoms with E-state index in [0.717, 1.165) is 38.5 Å². The summed E-state index contributed by atoms with van der Waals surface area (Å²) in [5, 5.41) is 43.9. The number of aliphatic hydroxyl groups is 4. The van der Waals surface area contributed by atoms with Gasteiger partial charge < -0.3 is 25.7 Å². The van der Waals surface area contributed by atoms with Crippen molar-refractivity contribution in [3.63, 3.8) is 0 Å². The third-order valence-electron chi connectivity index (χ3n) is 12.6. The van der Waals surface area contributed by atoms with E-state index in [-0.39, 0.29) is 0 Å². The number of hydrogen-bond donors (Lipinski definition) is 5. The average Bonchev–Trinajstić information content (AvgIpc) is 3.25. The van der Waals surface area contributed by atoms with Gasteiger partial charge in [-0.25, -0.2) is 0 Å². The Kier molecular flexibility index (Phi) is 47.8. The zero-order chi connectivity index (χ0) is 43.8. The summed E-state index contributed by atoms with van der Waals surface area (Å²) in [6, 6.07) is -1.01. The van der Waals surface area contributed by atoms with Crippen molar-refractivity contribution in [2.45, 2.75) is 308 Å². The van der Waals surface area contributed by atoms with E-state index < -0.39 is 36.9 Å². The summed E-state index contributed by atoms with van der Waals surface area (Å²) in [6.45, 7) is 4.07. The number of unbranched alkanes of at least 4 members (excludes halogenated alkanes) is 36. The van der Waals surface area contributed by atoms with Gasteiger partial charge >= 0.3 is 0 Å². The molecule has 0 spiro atoms. The minimum absolute atomic E-state index is 0.364. The summed E-state index contributed by atoms with van der Waals surface area (Å²) in [7, 11) is 0. The highest BCUT2D eigenvalue weighted by molar-refractivity contribution is 5.80. The maximum Gasteiger partial charge on any atom is 0.249 e. The van der Waals surface area contributed by atoms with Crippen molar-refractivity contribution >= 4 is 5.91 Å². The number of hydrogen-bond acceptors (Lipinski definition) is 5. The summed E-state index contributed by atoms with van der Waals surface area (Å²) in [6.07, 6.45) is 58.1. The van der Waals surface area contributed by atoms with Crippen LogP contribution >= 0.6 is 0 Å². The Hall–Kier alpha value is -1.21. The second-order valence-corrected chi connectivity index (χ2v) is 18.6. The number of aliphatic hydroxyl groups excluding tert-OH is 4. The molecule has 0 aliphatic rings. The van der Waals surface area contributed by atoms with Gasteiger partial charge in [0, 0.05) is 0 Å².